The third-order valence-electron chi connectivity index (χ3n) is 9.14. The molecular formula is C38H46N4O4. The molecule has 4 atom stereocenters. The van der Waals surface area contributed by atoms with Gasteiger partial charge >= 0.3 is 5.97 Å². The molecule has 0 spiro atoms. The van der Waals surface area contributed by atoms with Crippen molar-refractivity contribution in [2.24, 2.45) is 18.4 Å². The second-order valence-corrected chi connectivity index (χ2v) is 14.3. The highest BCUT2D eigenvalue weighted by Gasteiger charge is 2.58. The molecule has 1 saturated heterocycles. The second-order valence-electron chi connectivity index (χ2n) is 14.3. The van der Waals surface area contributed by atoms with Gasteiger partial charge in [-0.2, -0.15) is 5.10 Å². The van der Waals surface area contributed by atoms with E-state index in [1.54, 1.807) is 29.8 Å². The number of benzene rings is 3. The topological polar surface area (TPSA) is 96.7 Å². The molecule has 1 fully saturated rings. The molecule has 5 rings (SSSR count). The molecule has 0 radical (unpaired) electrons. The predicted octanol–water partition coefficient (Wildman–Crippen LogP) is 6.86. The van der Waals surface area contributed by atoms with Gasteiger partial charge in [0.05, 0.1) is 18.8 Å². The number of nitrogens with zero attached hydrogens (tertiary/aromatic N) is 3. The van der Waals surface area contributed by atoms with Crippen molar-refractivity contribution in [3.63, 3.8) is 0 Å². The monoisotopic (exact) mass is 622 g/mol. The maximum absolute atomic E-state index is 14.6. The minimum atomic E-state index is -1.10. The van der Waals surface area contributed by atoms with E-state index in [0.717, 1.165) is 28.1 Å². The molecule has 1 aliphatic heterocycles. The maximum atomic E-state index is 14.6. The Kier molecular flexibility index (Phi) is 9.14. The molecule has 46 heavy (non-hydrogen) atoms. The van der Waals surface area contributed by atoms with Crippen molar-refractivity contribution in [3.8, 4) is 17.0 Å². The zero-order chi connectivity index (χ0) is 33.4. The Labute approximate surface area is 272 Å². The first-order valence-electron chi connectivity index (χ1n) is 15.8. The molecule has 1 amide bonds. The minimum Gasteiger partial charge on any atom is -0.496 e. The van der Waals surface area contributed by atoms with Crippen LogP contribution in [0.25, 0.3) is 11.3 Å². The quantitative estimate of drug-likeness (QED) is 0.223. The highest BCUT2D eigenvalue weighted by Crippen LogP contribution is 2.49. The Morgan fingerprint density at radius 1 is 0.913 bits per heavy atom. The largest absolute Gasteiger partial charge is 0.496 e. The summed E-state index contributed by atoms with van der Waals surface area (Å²) in [6, 6.07) is 25.4. The van der Waals surface area contributed by atoms with Crippen LogP contribution in [0.2, 0.25) is 0 Å². The van der Waals surface area contributed by atoms with Gasteiger partial charge < -0.3 is 20.1 Å². The summed E-state index contributed by atoms with van der Waals surface area (Å²) in [5.41, 5.74) is 4.39. The van der Waals surface area contributed by atoms with Gasteiger partial charge in [0, 0.05) is 31.1 Å². The number of carbonyl (C=O) groups is 2. The SMILES string of the molecule is COc1ccc(C(C)(C)C)cc1CN[C@H]1[C@H](C(C)(C)C)[C@@H](C(=O)O)N(C(=O)c2cc(-c3ccccc3)n(C)n2)[C@H]1c1ccccc1. The Morgan fingerprint density at radius 2 is 1.54 bits per heavy atom. The summed E-state index contributed by atoms with van der Waals surface area (Å²) >= 11 is 0. The number of nitrogens with one attached hydrogen (secondary N) is 1. The molecule has 242 valence electrons. The van der Waals surface area contributed by atoms with Gasteiger partial charge in [-0.25, -0.2) is 4.79 Å². The Balaban J connectivity index is 1.62. The normalized spacial score (nSPS) is 20.1. The number of carbonyl (C=O) groups excluding carboxylic acids is 1. The summed E-state index contributed by atoms with van der Waals surface area (Å²) < 4.78 is 7.43. The number of methoxy groups -OCH3 is 1. The van der Waals surface area contributed by atoms with Crippen molar-refractivity contribution in [2.45, 2.75) is 71.6 Å². The Morgan fingerprint density at radius 3 is 2.11 bits per heavy atom. The number of aliphatic carboxylic acids is 1. The molecule has 3 aromatic carbocycles. The van der Waals surface area contributed by atoms with E-state index in [0.29, 0.717) is 6.54 Å². The molecule has 2 heterocycles. The van der Waals surface area contributed by atoms with Crippen molar-refractivity contribution in [2.75, 3.05) is 7.11 Å². The average Bonchev–Trinajstić information content (AvgIpc) is 3.58. The zero-order valence-corrected chi connectivity index (χ0v) is 28.1. The Hall–Kier alpha value is -4.43. The van der Waals surface area contributed by atoms with Gasteiger partial charge in [0.1, 0.15) is 11.8 Å². The molecule has 0 unspecified atom stereocenters. The molecule has 1 aliphatic rings. The predicted molar refractivity (Wildman–Crippen MR) is 181 cm³/mol. The number of amides is 1. The average molecular weight is 623 g/mol. The van der Waals surface area contributed by atoms with Crippen molar-refractivity contribution >= 4 is 11.9 Å². The molecule has 8 nitrogen and oxygen atoms in total. The number of ether oxygens (including phenoxy) is 1. The van der Waals surface area contributed by atoms with Crippen molar-refractivity contribution < 1.29 is 19.4 Å². The van der Waals surface area contributed by atoms with Gasteiger partial charge in [-0.05, 0) is 39.7 Å². The number of rotatable bonds is 8. The van der Waals surface area contributed by atoms with E-state index in [1.807, 2.05) is 87.5 Å². The highest BCUT2D eigenvalue weighted by molar-refractivity contribution is 5.97. The van der Waals surface area contributed by atoms with E-state index in [4.69, 9.17) is 4.74 Å². The van der Waals surface area contributed by atoms with Crippen LogP contribution in [-0.2, 0) is 23.8 Å². The molecule has 1 aromatic heterocycles. The van der Waals surface area contributed by atoms with Crippen LogP contribution < -0.4 is 10.1 Å². The van der Waals surface area contributed by atoms with Crippen LogP contribution in [0.1, 0.15) is 74.8 Å². The van der Waals surface area contributed by atoms with Crippen LogP contribution in [0.5, 0.6) is 5.75 Å². The number of carboxylic acids is 1. The summed E-state index contributed by atoms with van der Waals surface area (Å²) in [5.74, 6) is -1.13. The van der Waals surface area contributed by atoms with Gasteiger partial charge in [-0.15, -0.1) is 0 Å². The van der Waals surface area contributed by atoms with Crippen LogP contribution in [-0.4, -0.2) is 50.9 Å². The number of hydrogen-bond acceptors (Lipinski definition) is 5. The van der Waals surface area contributed by atoms with E-state index in [9.17, 15) is 14.7 Å². The molecule has 0 bridgehead atoms. The van der Waals surface area contributed by atoms with Crippen LogP contribution in [0, 0.1) is 11.3 Å². The van der Waals surface area contributed by atoms with Gasteiger partial charge in [-0.3, -0.25) is 9.48 Å². The lowest BCUT2D eigenvalue weighted by Crippen LogP contribution is -2.48. The number of carboxylic acid groups (broad SMARTS) is 1. The lowest BCUT2D eigenvalue weighted by atomic mass is 9.72. The number of hydrogen-bond donors (Lipinski definition) is 2. The zero-order valence-electron chi connectivity index (χ0n) is 28.1. The van der Waals surface area contributed by atoms with E-state index >= 15 is 0 Å². The molecule has 0 saturated carbocycles. The van der Waals surface area contributed by atoms with Gasteiger partial charge in [0.25, 0.3) is 5.91 Å². The van der Waals surface area contributed by atoms with Crippen LogP contribution in [0.4, 0.5) is 0 Å². The lowest BCUT2D eigenvalue weighted by molar-refractivity contribution is -0.144. The summed E-state index contributed by atoms with van der Waals surface area (Å²) in [5, 5.41) is 19.2. The fourth-order valence-corrected chi connectivity index (χ4v) is 6.90. The second kappa shape index (κ2) is 12.8. The first-order valence-corrected chi connectivity index (χ1v) is 15.8. The van der Waals surface area contributed by atoms with E-state index in [2.05, 4.69) is 43.3 Å². The number of likely N-dealkylation sites (tertiary alicyclic amines) is 1. The third-order valence-corrected chi connectivity index (χ3v) is 9.14. The minimum absolute atomic E-state index is 0.0617. The van der Waals surface area contributed by atoms with Crippen molar-refractivity contribution in [3.05, 3.63) is 107 Å². The maximum Gasteiger partial charge on any atom is 0.326 e. The molecule has 2 N–H and O–H groups in total. The molecule has 4 aromatic rings. The smallest absolute Gasteiger partial charge is 0.326 e. The first kappa shape index (κ1) is 32.9. The van der Waals surface area contributed by atoms with Crippen molar-refractivity contribution in [1.29, 1.82) is 0 Å². The van der Waals surface area contributed by atoms with Gasteiger partial charge in [0.2, 0.25) is 0 Å². The molecular weight excluding hydrogens is 576 g/mol. The number of aromatic nitrogens is 2. The van der Waals surface area contributed by atoms with E-state index < -0.39 is 41.3 Å². The van der Waals surface area contributed by atoms with Crippen LogP contribution in [0.3, 0.4) is 0 Å². The van der Waals surface area contributed by atoms with Crippen molar-refractivity contribution in [1.82, 2.24) is 20.0 Å². The standard InChI is InChI=1S/C38H46N4O4/c1-37(2,3)27-19-20-30(46-8)26(21-27)23-39-32-31(38(4,5)6)34(36(44)45)42(33(32)25-17-13-10-14-18-25)35(43)28-22-29(41(7)40-28)24-15-11-9-12-16-24/h9-22,31-34,39H,23H2,1-8H3,(H,44,45)/t31-,32-,33-,34-/m0/s1. The van der Waals surface area contributed by atoms with E-state index in [1.165, 1.54) is 5.56 Å². The summed E-state index contributed by atoms with van der Waals surface area (Å²) in [7, 11) is 3.46. The van der Waals surface area contributed by atoms with Crippen LogP contribution >= 0.6 is 0 Å². The summed E-state index contributed by atoms with van der Waals surface area (Å²) in [6.45, 7) is 13.1. The van der Waals surface area contributed by atoms with Crippen LogP contribution in [0.15, 0.2) is 84.9 Å². The van der Waals surface area contributed by atoms with E-state index in [-0.39, 0.29) is 11.1 Å². The van der Waals surface area contributed by atoms with Gasteiger partial charge in [-0.1, -0.05) is 114 Å². The summed E-state index contributed by atoms with van der Waals surface area (Å²) in [6.07, 6.45) is 0. The third kappa shape index (κ3) is 6.44. The first-order chi connectivity index (χ1) is 21.7. The Bertz CT molecular complexity index is 1690. The molecule has 8 heteroatoms. The lowest BCUT2D eigenvalue weighted by Gasteiger charge is -2.35. The fourth-order valence-electron chi connectivity index (χ4n) is 6.90. The highest BCUT2D eigenvalue weighted by atomic mass is 16.5. The molecule has 0 aliphatic carbocycles. The van der Waals surface area contributed by atoms with Gasteiger partial charge in [0.15, 0.2) is 5.69 Å². The number of aryl methyl sites for hydroxylation is 1. The summed E-state index contributed by atoms with van der Waals surface area (Å²) in [4.78, 5) is 29.5. The fraction of sp³-hybridized carbons (Fsp3) is 0.395.